The van der Waals surface area contributed by atoms with Crippen molar-refractivity contribution in [3.05, 3.63) is 98.5 Å². The largest absolute Gasteiger partial charge is 0.352 e. The summed E-state index contributed by atoms with van der Waals surface area (Å²) < 4.78 is 27.1. The number of halogens is 3. The minimum absolute atomic E-state index is 0.0113. The van der Waals surface area contributed by atoms with Crippen LogP contribution in [0, 0.1) is 6.92 Å². The fraction of sp³-hybridized carbons (Fsp3) is 0.375. The van der Waals surface area contributed by atoms with E-state index >= 15 is 0 Å². The van der Waals surface area contributed by atoms with E-state index in [1.54, 1.807) is 37.3 Å². The third-order valence-corrected chi connectivity index (χ3v) is 9.78. The molecule has 0 radical (unpaired) electrons. The molecule has 7 nitrogen and oxygen atoms in total. The van der Waals surface area contributed by atoms with Crippen LogP contribution in [0.5, 0.6) is 0 Å². The Kier molecular flexibility index (Phi) is 11.4. The lowest BCUT2D eigenvalue weighted by Crippen LogP contribution is -2.55. The molecule has 0 bridgehead atoms. The van der Waals surface area contributed by atoms with Gasteiger partial charge >= 0.3 is 0 Å². The third-order valence-electron chi connectivity index (χ3n) is 7.68. The molecule has 0 spiro atoms. The normalized spacial score (nSPS) is 14.6. The summed E-state index contributed by atoms with van der Waals surface area (Å²) in [4.78, 5) is 29.8. The number of rotatable bonds is 11. The molecule has 0 unspecified atom stereocenters. The van der Waals surface area contributed by atoms with Crippen LogP contribution in [0.25, 0.3) is 0 Å². The smallest absolute Gasteiger partial charge is 0.244 e. The number of benzene rings is 3. The average molecular weight is 665 g/mol. The number of nitrogens with zero attached hydrogens (tertiary/aromatic N) is 2. The molecule has 11 heteroatoms. The number of hydrogen-bond acceptors (Lipinski definition) is 4. The van der Waals surface area contributed by atoms with E-state index in [1.807, 2.05) is 30.3 Å². The van der Waals surface area contributed by atoms with Crippen molar-refractivity contribution >= 4 is 62.3 Å². The van der Waals surface area contributed by atoms with Gasteiger partial charge in [-0.2, -0.15) is 0 Å². The molecule has 1 N–H and O–H groups in total. The summed E-state index contributed by atoms with van der Waals surface area (Å²) >= 11 is 18.7. The second-order valence-corrected chi connectivity index (χ2v) is 14.2. The zero-order chi connectivity index (χ0) is 31.1. The molecule has 230 valence electrons. The van der Waals surface area contributed by atoms with Crippen molar-refractivity contribution in [3.8, 4) is 0 Å². The lowest BCUT2D eigenvalue weighted by atomic mass is 9.94. The van der Waals surface area contributed by atoms with Crippen LogP contribution in [0.3, 0.4) is 0 Å². The van der Waals surface area contributed by atoms with Gasteiger partial charge in [0.1, 0.15) is 12.6 Å². The minimum Gasteiger partial charge on any atom is -0.352 e. The van der Waals surface area contributed by atoms with Gasteiger partial charge in [0.25, 0.3) is 0 Å². The first-order valence-corrected chi connectivity index (χ1v) is 17.2. The van der Waals surface area contributed by atoms with E-state index in [0.29, 0.717) is 31.9 Å². The highest BCUT2D eigenvalue weighted by Crippen LogP contribution is 2.28. The second kappa shape index (κ2) is 14.8. The van der Waals surface area contributed by atoms with Crippen LogP contribution in [0.15, 0.2) is 66.7 Å². The highest BCUT2D eigenvalue weighted by atomic mass is 35.5. The molecule has 1 aliphatic carbocycles. The van der Waals surface area contributed by atoms with Crippen LogP contribution < -0.4 is 9.62 Å². The third kappa shape index (κ3) is 9.11. The Hall–Kier alpha value is -2.78. The fourth-order valence-corrected chi connectivity index (χ4v) is 6.76. The van der Waals surface area contributed by atoms with Gasteiger partial charge in [-0.1, -0.05) is 96.5 Å². The topological polar surface area (TPSA) is 86.8 Å². The Balaban J connectivity index is 1.76. The maximum atomic E-state index is 14.3. The van der Waals surface area contributed by atoms with Gasteiger partial charge in [0, 0.05) is 24.0 Å². The van der Waals surface area contributed by atoms with Gasteiger partial charge < -0.3 is 10.2 Å². The highest BCUT2D eigenvalue weighted by molar-refractivity contribution is 7.92. The summed E-state index contributed by atoms with van der Waals surface area (Å²) in [6, 6.07) is 18.4. The molecule has 3 aromatic carbocycles. The van der Waals surface area contributed by atoms with Crippen molar-refractivity contribution in [2.75, 3.05) is 17.1 Å². The zero-order valence-corrected chi connectivity index (χ0v) is 27.3. The molecule has 0 heterocycles. The molecule has 3 aromatic rings. The van der Waals surface area contributed by atoms with Gasteiger partial charge in [-0.05, 0) is 60.7 Å². The van der Waals surface area contributed by atoms with Crippen molar-refractivity contribution in [3.63, 3.8) is 0 Å². The number of sulfonamides is 1. The van der Waals surface area contributed by atoms with E-state index in [2.05, 4.69) is 5.32 Å². The van der Waals surface area contributed by atoms with Gasteiger partial charge in [-0.15, -0.1) is 0 Å². The number of nitrogens with one attached hydrogen (secondary N) is 1. The van der Waals surface area contributed by atoms with Crippen molar-refractivity contribution in [2.24, 2.45) is 0 Å². The van der Waals surface area contributed by atoms with Crippen LogP contribution in [-0.4, -0.2) is 50.0 Å². The van der Waals surface area contributed by atoms with Crippen LogP contribution in [0.2, 0.25) is 15.1 Å². The van der Waals surface area contributed by atoms with Crippen LogP contribution >= 0.6 is 34.8 Å². The van der Waals surface area contributed by atoms with E-state index < -0.39 is 28.5 Å². The van der Waals surface area contributed by atoms with E-state index in [4.69, 9.17) is 34.8 Å². The van der Waals surface area contributed by atoms with Crippen molar-refractivity contribution in [1.29, 1.82) is 0 Å². The van der Waals surface area contributed by atoms with Crippen molar-refractivity contribution in [2.45, 2.75) is 64.1 Å². The van der Waals surface area contributed by atoms with Crippen LogP contribution in [-0.2, 0) is 32.6 Å². The second-order valence-electron chi connectivity index (χ2n) is 11.0. The van der Waals surface area contributed by atoms with E-state index in [-0.39, 0.29) is 24.9 Å². The van der Waals surface area contributed by atoms with Crippen LogP contribution in [0.4, 0.5) is 5.69 Å². The number of carbonyl (C=O) groups excluding carboxylic acids is 2. The molecular formula is C32H36Cl3N3O4S. The molecular weight excluding hydrogens is 629 g/mol. The summed E-state index contributed by atoms with van der Waals surface area (Å²) in [6.45, 7) is 1.23. The first kappa shape index (κ1) is 33.1. The van der Waals surface area contributed by atoms with Gasteiger partial charge in [0.15, 0.2) is 0 Å². The molecule has 2 amide bonds. The lowest BCUT2D eigenvalue weighted by Gasteiger charge is -2.35. The summed E-state index contributed by atoms with van der Waals surface area (Å²) in [6.07, 6.45) is 6.22. The Morgan fingerprint density at radius 2 is 1.60 bits per heavy atom. The van der Waals surface area contributed by atoms with Crippen molar-refractivity contribution in [1.82, 2.24) is 10.2 Å². The molecule has 0 aromatic heterocycles. The summed E-state index contributed by atoms with van der Waals surface area (Å²) in [5.41, 5.74) is 2.44. The number of amides is 2. The monoisotopic (exact) mass is 663 g/mol. The summed E-state index contributed by atoms with van der Waals surface area (Å²) in [7, 11) is -3.91. The summed E-state index contributed by atoms with van der Waals surface area (Å²) in [5, 5.41) is 4.19. The average Bonchev–Trinajstić information content (AvgIpc) is 2.97. The maximum Gasteiger partial charge on any atom is 0.244 e. The standard InChI is InChI=1S/C32H36Cl3N3O4S/c1-22-13-15-25(33)19-29(22)38(43(2,41)42)21-31(39)37(20-24-14-16-27(34)28(35)17-24)30(18-23-9-5-3-6-10-23)32(40)36-26-11-7-4-8-12-26/h3,5-6,9-10,13-17,19,26,30H,4,7-8,11-12,18,20-21H2,1-2H3,(H,36,40)/t30-/m0/s1. The number of aryl methyl sites for hydroxylation is 1. The minimum atomic E-state index is -3.91. The predicted octanol–water partition coefficient (Wildman–Crippen LogP) is 6.81. The molecule has 4 rings (SSSR count). The van der Waals surface area contributed by atoms with Gasteiger partial charge in [-0.3, -0.25) is 13.9 Å². The Morgan fingerprint density at radius 1 is 0.907 bits per heavy atom. The fourth-order valence-electron chi connectivity index (χ4n) is 5.38. The molecule has 1 aliphatic rings. The maximum absolute atomic E-state index is 14.3. The first-order valence-electron chi connectivity index (χ1n) is 14.2. The number of anilines is 1. The van der Waals surface area contributed by atoms with Gasteiger partial charge in [0.05, 0.1) is 22.0 Å². The molecule has 1 fully saturated rings. The van der Waals surface area contributed by atoms with Crippen LogP contribution in [0.1, 0.15) is 48.8 Å². The SMILES string of the molecule is Cc1ccc(Cl)cc1N(CC(=O)N(Cc1ccc(Cl)c(Cl)c1)[C@@H](Cc1ccccc1)C(=O)NC1CCCCC1)S(C)(=O)=O. The quantitative estimate of drug-likeness (QED) is 0.244. The predicted molar refractivity (Wildman–Crippen MR) is 174 cm³/mol. The van der Waals surface area contributed by atoms with Gasteiger partial charge in [0.2, 0.25) is 21.8 Å². The lowest BCUT2D eigenvalue weighted by molar-refractivity contribution is -0.140. The Morgan fingerprint density at radius 3 is 2.26 bits per heavy atom. The first-order chi connectivity index (χ1) is 20.4. The Labute approximate surface area is 269 Å². The molecule has 0 saturated heterocycles. The highest BCUT2D eigenvalue weighted by Gasteiger charge is 2.34. The van der Waals surface area contributed by atoms with Crippen molar-refractivity contribution < 1.29 is 18.0 Å². The Bertz CT molecular complexity index is 1550. The van der Waals surface area contributed by atoms with Gasteiger partial charge in [-0.25, -0.2) is 8.42 Å². The summed E-state index contributed by atoms with van der Waals surface area (Å²) in [5.74, 6) is -0.829. The van der Waals surface area contributed by atoms with E-state index in [9.17, 15) is 18.0 Å². The number of hydrogen-bond donors (Lipinski definition) is 1. The molecule has 43 heavy (non-hydrogen) atoms. The molecule has 1 atom stereocenters. The molecule has 0 aliphatic heterocycles. The number of carbonyl (C=O) groups is 2. The zero-order valence-electron chi connectivity index (χ0n) is 24.2. The van der Waals surface area contributed by atoms with E-state index in [1.165, 1.54) is 11.0 Å². The van der Waals surface area contributed by atoms with E-state index in [0.717, 1.165) is 48.2 Å². The molecule has 1 saturated carbocycles.